The number of hydrogen-bond acceptors (Lipinski definition) is 3. The summed E-state index contributed by atoms with van der Waals surface area (Å²) in [5, 5.41) is 8.24. The van der Waals surface area contributed by atoms with Gasteiger partial charge in [0.05, 0.1) is 16.5 Å². The number of benzene rings is 7. The Labute approximate surface area is 250 Å². The highest BCUT2D eigenvalue weighted by Crippen LogP contribution is 2.43. The van der Waals surface area contributed by atoms with E-state index in [2.05, 4.69) is 88.4 Å². The SMILES string of the molecule is [2H]c1c([2H])c([2H])c2oc(-c3cc4ccccc4c4oc5cc(-n6c7ccccc7c7ccc8ccccc8c76)ccc5c34)nc2c1[2H]. The van der Waals surface area contributed by atoms with Crippen molar-refractivity contribution in [3.05, 3.63) is 133 Å². The highest BCUT2D eigenvalue weighted by molar-refractivity contribution is 6.22. The highest BCUT2D eigenvalue weighted by Gasteiger charge is 2.21. The fourth-order valence-electron chi connectivity index (χ4n) is 6.69. The van der Waals surface area contributed by atoms with Crippen LogP contribution in [0.25, 0.3) is 93.5 Å². The summed E-state index contributed by atoms with van der Waals surface area (Å²) < 4.78 is 48.2. The molecule has 4 nitrogen and oxygen atoms in total. The third-order valence-corrected chi connectivity index (χ3v) is 8.54. The van der Waals surface area contributed by atoms with Gasteiger partial charge in [-0.3, -0.25) is 0 Å². The fraction of sp³-hybridized carbons (Fsp3) is 0. The number of oxazole rings is 1. The second kappa shape index (κ2) is 8.34. The molecule has 0 aliphatic rings. The first-order chi connectivity index (χ1) is 23.0. The molecule has 200 valence electrons. The summed E-state index contributed by atoms with van der Waals surface area (Å²) in [4.78, 5) is 4.62. The van der Waals surface area contributed by atoms with Crippen LogP contribution in [0, 0.1) is 0 Å². The summed E-state index contributed by atoms with van der Waals surface area (Å²) in [5.41, 5.74) is 5.36. The summed E-state index contributed by atoms with van der Waals surface area (Å²) in [6.07, 6.45) is 0. The monoisotopic (exact) mass is 554 g/mol. The number of hydrogen-bond donors (Lipinski definition) is 0. The zero-order chi connectivity index (χ0) is 31.6. The van der Waals surface area contributed by atoms with Crippen LogP contribution in [0.2, 0.25) is 0 Å². The maximum absolute atomic E-state index is 8.42. The third-order valence-electron chi connectivity index (χ3n) is 8.54. The van der Waals surface area contributed by atoms with E-state index < -0.39 is 0 Å². The van der Waals surface area contributed by atoms with E-state index in [0.29, 0.717) is 16.7 Å². The van der Waals surface area contributed by atoms with Gasteiger partial charge < -0.3 is 13.4 Å². The number of nitrogens with zero attached hydrogens (tertiary/aromatic N) is 2. The Balaban J connectivity index is 1.29. The van der Waals surface area contributed by atoms with E-state index in [1.807, 2.05) is 30.3 Å². The van der Waals surface area contributed by atoms with Crippen LogP contribution in [0.5, 0.6) is 0 Å². The van der Waals surface area contributed by atoms with Crippen molar-refractivity contribution in [1.29, 1.82) is 0 Å². The van der Waals surface area contributed by atoms with Crippen molar-refractivity contribution in [1.82, 2.24) is 9.55 Å². The van der Waals surface area contributed by atoms with Gasteiger partial charge in [0.15, 0.2) is 5.58 Å². The predicted octanol–water partition coefficient (Wildman–Crippen LogP) is 10.8. The Morgan fingerprint density at radius 1 is 0.605 bits per heavy atom. The lowest BCUT2D eigenvalue weighted by Gasteiger charge is -2.10. The molecule has 10 aromatic rings. The van der Waals surface area contributed by atoms with Crippen molar-refractivity contribution in [3.8, 4) is 17.1 Å². The molecule has 0 aliphatic heterocycles. The number of fused-ring (bicyclic) bond motifs is 11. The average molecular weight is 555 g/mol. The highest BCUT2D eigenvalue weighted by atomic mass is 16.3. The van der Waals surface area contributed by atoms with Crippen LogP contribution in [0.3, 0.4) is 0 Å². The molecule has 0 saturated heterocycles. The van der Waals surface area contributed by atoms with E-state index in [0.717, 1.165) is 38.3 Å². The Bertz CT molecular complexity index is 2930. The second-order valence-corrected chi connectivity index (χ2v) is 10.9. The van der Waals surface area contributed by atoms with E-state index in [4.69, 9.17) is 14.3 Å². The molecule has 10 rings (SSSR count). The Morgan fingerprint density at radius 2 is 1.37 bits per heavy atom. The molecule has 0 aliphatic carbocycles. The number of para-hydroxylation sites is 3. The molecule has 7 aromatic carbocycles. The summed E-state index contributed by atoms with van der Waals surface area (Å²) in [6.45, 7) is 0. The van der Waals surface area contributed by atoms with E-state index in [9.17, 15) is 0 Å². The van der Waals surface area contributed by atoms with Crippen LogP contribution < -0.4 is 0 Å². The third kappa shape index (κ3) is 3.12. The molecular formula is C39H22N2O2. The topological polar surface area (TPSA) is 44.1 Å². The van der Waals surface area contributed by atoms with Gasteiger partial charge in [-0.25, -0.2) is 4.98 Å². The summed E-state index contributed by atoms with van der Waals surface area (Å²) in [7, 11) is 0. The molecule has 0 radical (unpaired) electrons. The lowest BCUT2D eigenvalue weighted by molar-refractivity contribution is 0.620. The van der Waals surface area contributed by atoms with Crippen LogP contribution in [-0.4, -0.2) is 9.55 Å². The molecule has 3 heterocycles. The van der Waals surface area contributed by atoms with Crippen molar-refractivity contribution in [2.45, 2.75) is 0 Å². The van der Waals surface area contributed by atoms with Gasteiger partial charge in [-0.15, -0.1) is 0 Å². The molecule has 43 heavy (non-hydrogen) atoms. The van der Waals surface area contributed by atoms with Gasteiger partial charge in [-0.2, -0.15) is 0 Å². The first kappa shape index (κ1) is 19.3. The minimum atomic E-state index is -0.354. The van der Waals surface area contributed by atoms with Gasteiger partial charge in [0.1, 0.15) is 16.7 Å². The molecule has 0 fully saturated rings. The zero-order valence-corrected chi connectivity index (χ0v) is 22.6. The quantitative estimate of drug-likeness (QED) is 0.213. The van der Waals surface area contributed by atoms with Crippen LogP contribution in [0.1, 0.15) is 5.48 Å². The lowest BCUT2D eigenvalue weighted by Crippen LogP contribution is -1.94. The minimum Gasteiger partial charge on any atom is -0.455 e. The van der Waals surface area contributed by atoms with Gasteiger partial charge >= 0.3 is 0 Å². The molecule has 0 bridgehead atoms. The number of rotatable bonds is 2. The fourth-order valence-corrected chi connectivity index (χ4v) is 6.69. The maximum atomic E-state index is 8.42. The molecule has 3 aromatic heterocycles. The molecule has 0 unspecified atom stereocenters. The second-order valence-electron chi connectivity index (χ2n) is 10.9. The zero-order valence-electron chi connectivity index (χ0n) is 26.6. The van der Waals surface area contributed by atoms with E-state index in [1.54, 1.807) is 0 Å². The molecule has 0 spiro atoms. The van der Waals surface area contributed by atoms with Crippen molar-refractivity contribution in [3.63, 3.8) is 0 Å². The van der Waals surface area contributed by atoms with Crippen LogP contribution in [0.15, 0.2) is 142 Å². The van der Waals surface area contributed by atoms with Crippen molar-refractivity contribution < 1.29 is 14.3 Å². The largest absolute Gasteiger partial charge is 0.455 e. The Hall–Kier alpha value is -5.87. The van der Waals surface area contributed by atoms with Crippen LogP contribution >= 0.6 is 0 Å². The molecule has 0 saturated carbocycles. The summed E-state index contributed by atoms with van der Waals surface area (Å²) in [5.74, 6) is 0.211. The molecule has 0 amide bonds. The number of aromatic nitrogens is 2. The van der Waals surface area contributed by atoms with E-state index in [-0.39, 0.29) is 41.2 Å². The first-order valence-electron chi connectivity index (χ1n) is 16.1. The molecule has 4 heteroatoms. The van der Waals surface area contributed by atoms with Crippen molar-refractivity contribution in [2.75, 3.05) is 0 Å². The maximum Gasteiger partial charge on any atom is 0.228 e. The van der Waals surface area contributed by atoms with Gasteiger partial charge in [-0.05, 0) is 47.1 Å². The first-order valence-corrected chi connectivity index (χ1v) is 14.1. The Kier molecular flexibility index (Phi) is 3.74. The van der Waals surface area contributed by atoms with Gasteiger partial charge in [0.25, 0.3) is 0 Å². The molecule has 0 atom stereocenters. The van der Waals surface area contributed by atoms with E-state index >= 15 is 0 Å². The van der Waals surface area contributed by atoms with Crippen molar-refractivity contribution >= 4 is 76.4 Å². The van der Waals surface area contributed by atoms with Crippen molar-refractivity contribution in [2.24, 2.45) is 0 Å². The number of furan rings is 1. The minimum absolute atomic E-state index is 0.0287. The van der Waals surface area contributed by atoms with Crippen LogP contribution in [-0.2, 0) is 0 Å². The summed E-state index contributed by atoms with van der Waals surface area (Å²) >= 11 is 0. The summed E-state index contributed by atoms with van der Waals surface area (Å²) in [6, 6.07) is 36.3. The smallest absolute Gasteiger partial charge is 0.228 e. The Morgan fingerprint density at radius 3 is 2.30 bits per heavy atom. The van der Waals surface area contributed by atoms with Crippen LogP contribution in [0.4, 0.5) is 0 Å². The molecular weight excluding hydrogens is 528 g/mol. The van der Waals surface area contributed by atoms with Gasteiger partial charge in [0, 0.05) is 49.6 Å². The average Bonchev–Trinajstić information content (AvgIpc) is 3.82. The van der Waals surface area contributed by atoms with Gasteiger partial charge in [-0.1, -0.05) is 90.9 Å². The standard InChI is InChI=1S/C39H22N2O2/c1-3-11-26-23(9-1)17-19-29-28-13-5-7-15-33(28)41(37(26)29)25-18-20-30-35(22-25)42-38-27-12-4-2-10-24(27)21-31(36(30)38)39-40-32-14-6-8-16-34(32)43-39/h1-22H/i6D,8D,14D,16D. The predicted molar refractivity (Wildman–Crippen MR) is 176 cm³/mol. The molecule has 0 N–H and O–H groups in total. The van der Waals surface area contributed by atoms with E-state index in [1.165, 1.54) is 21.5 Å². The normalized spacial score (nSPS) is 13.5. The van der Waals surface area contributed by atoms with Gasteiger partial charge in [0.2, 0.25) is 5.89 Å². The lowest BCUT2D eigenvalue weighted by atomic mass is 10.00.